The number of halogens is 2. The van der Waals surface area contributed by atoms with Crippen LogP contribution in [-0.2, 0) is 11.2 Å². The van der Waals surface area contributed by atoms with Crippen LogP contribution in [0.25, 0.3) is 0 Å². The van der Waals surface area contributed by atoms with Crippen LogP contribution in [0, 0.1) is 0 Å². The Morgan fingerprint density at radius 2 is 1.86 bits per heavy atom. The predicted octanol–water partition coefficient (Wildman–Crippen LogP) is 4.56. The van der Waals surface area contributed by atoms with E-state index in [4.69, 9.17) is 23.2 Å². The lowest BCUT2D eigenvalue weighted by Gasteiger charge is -2.37. The summed E-state index contributed by atoms with van der Waals surface area (Å²) in [7, 11) is 0. The van der Waals surface area contributed by atoms with Gasteiger partial charge in [0.05, 0.1) is 16.6 Å². The Balaban J connectivity index is 1.10. The third kappa shape index (κ3) is 5.45. The molecule has 2 fully saturated rings. The van der Waals surface area contributed by atoms with Gasteiger partial charge in [-0.25, -0.2) is 0 Å². The molecule has 0 aromatic heterocycles. The van der Waals surface area contributed by atoms with Gasteiger partial charge in [0.1, 0.15) is 0 Å². The van der Waals surface area contributed by atoms with Crippen LogP contribution in [0.2, 0.25) is 10.0 Å². The molecule has 2 N–H and O–H groups in total. The van der Waals surface area contributed by atoms with Crippen LogP contribution in [0.5, 0.6) is 0 Å². The third-order valence-electron chi connectivity index (χ3n) is 7.69. The number of nitrogens with one attached hydrogen (secondary N) is 2. The second-order valence-corrected chi connectivity index (χ2v) is 10.6. The molecule has 3 heterocycles. The minimum atomic E-state index is -0.327. The maximum Gasteiger partial charge on any atom is 0.251 e. The first-order valence-electron chi connectivity index (χ1n) is 12.6. The van der Waals surface area contributed by atoms with Gasteiger partial charge in [0, 0.05) is 36.9 Å². The number of para-hydroxylation sites is 1. The van der Waals surface area contributed by atoms with Crippen molar-refractivity contribution in [3.8, 4) is 0 Å². The molecule has 5 rings (SSSR count). The molecule has 0 aliphatic carbocycles. The van der Waals surface area contributed by atoms with E-state index in [-0.39, 0.29) is 18.4 Å². The van der Waals surface area contributed by atoms with Crippen molar-refractivity contribution in [2.45, 2.75) is 44.1 Å². The highest BCUT2D eigenvalue weighted by atomic mass is 35.5. The zero-order valence-corrected chi connectivity index (χ0v) is 21.4. The van der Waals surface area contributed by atoms with Gasteiger partial charge in [0.15, 0.2) is 0 Å². The molecule has 1 atom stereocenters. The van der Waals surface area contributed by atoms with E-state index in [9.17, 15) is 9.59 Å². The van der Waals surface area contributed by atoms with Crippen molar-refractivity contribution in [1.29, 1.82) is 0 Å². The number of likely N-dealkylation sites (tertiary alicyclic amines) is 2. The molecular formula is C27H32Cl2N4O2. The van der Waals surface area contributed by atoms with E-state index in [0.29, 0.717) is 27.6 Å². The SMILES string of the molecule is O=C(NCC(=O)N1CCC(N2CCC(c3cccc4c3NCCC4)CC2)C1)c1ccc(Cl)c(Cl)c1. The Kier molecular flexibility index (Phi) is 7.51. The van der Waals surface area contributed by atoms with Crippen molar-refractivity contribution in [3.63, 3.8) is 0 Å². The molecule has 35 heavy (non-hydrogen) atoms. The molecule has 2 saturated heterocycles. The first-order chi connectivity index (χ1) is 17.0. The number of piperidine rings is 1. The average molecular weight is 515 g/mol. The normalized spacial score (nSPS) is 20.9. The second kappa shape index (κ2) is 10.8. The smallest absolute Gasteiger partial charge is 0.251 e. The minimum Gasteiger partial charge on any atom is -0.385 e. The summed E-state index contributed by atoms with van der Waals surface area (Å²) >= 11 is 11.9. The molecule has 3 aliphatic rings. The largest absolute Gasteiger partial charge is 0.385 e. The molecule has 2 aromatic carbocycles. The molecule has 0 saturated carbocycles. The summed E-state index contributed by atoms with van der Waals surface area (Å²) in [6, 6.07) is 11.9. The van der Waals surface area contributed by atoms with Gasteiger partial charge >= 0.3 is 0 Å². The minimum absolute atomic E-state index is 0.0139. The summed E-state index contributed by atoms with van der Waals surface area (Å²) in [5.41, 5.74) is 4.73. The number of benzene rings is 2. The number of anilines is 1. The van der Waals surface area contributed by atoms with Crippen molar-refractivity contribution in [2.75, 3.05) is 44.6 Å². The summed E-state index contributed by atoms with van der Waals surface area (Å²) in [5.74, 6) is 0.229. The molecule has 3 aliphatic heterocycles. The number of carbonyl (C=O) groups is 2. The van der Waals surface area contributed by atoms with E-state index in [1.165, 1.54) is 35.7 Å². The van der Waals surface area contributed by atoms with E-state index in [1.54, 1.807) is 12.1 Å². The first-order valence-corrected chi connectivity index (χ1v) is 13.4. The van der Waals surface area contributed by atoms with Crippen LogP contribution < -0.4 is 10.6 Å². The van der Waals surface area contributed by atoms with Gasteiger partial charge in [-0.2, -0.15) is 0 Å². The fourth-order valence-electron chi connectivity index (χ4n) is 5.73. The molecule has 8 heteroatoms. The van der Waals surface area contributed by atoms with E-state index in [2.05, 4.69) is 33.7 Å². The van der Waals surface area contributed by atoms with Crippen LogP contribution in [0.3, 0.4) is 0 Å². The van der Waals surface area contributed by atoms with Crippen molar-refractivity contribution < 1.29 is 9.59 Å². The van der Waals surface area contributed by atoms with Gasteiger partial charge in [-0.1, -0.05) is 41.4 Å². The Bertz CT molecular complexity index is 1100. The lowest BCUT2D eigenvalue weighted by molar-refractivity contribution is -0.129. The van der Waals surface area contributed by atoms with Crippen molar-refractivity contribution in [3.05, 3.63) is 63.1 Å². The third-order valence-corrected chi connectivity index (χ3v) is 8.43. The lowest BCUT2D eigenvalue weighted by atomic mass is 9.85. The highest BCUT2D eigenvalue weighted by Gasteiger charge is 2.33. The highest BCUT2D eigenvalue weighted by Crippen LogP contribution is 2.37. The van der Waals surface area contributed by atoms with Crippen molar-refractivity contribution in [2.24, 2.45) is 0 Å². The summed E-state index contributed by atoms with van der Waals surface area (Å²) in [4.78, 5) is 29.6. The van der Waals surface area contributed by atoms with Crippen LogP contribution in [-0.4, -0.2) is 66.9 Å². The molecule has 0 bridgehead atoms. The number of aryl methyl sites for hydroxylation is 1. The molecular weight excluding hydrogens is 483 g/mol. The highest BCUT2D eigenvalue weighted by molar-refractivity contribution is 6.42. The van der Waals surface area contributed by atoms with Crippen LogP contribution >= 0.6 is 23.2 Å². The van der Waals surface area contributed by atoms with E-state index in [0.717, 1.165) is 52.0 Å². The number of hydrogen-bond donors (Lipinski definition) is 2. The van der Waals surface area contributed by atoms with Gasteiger partial charge in [-0.05, 0) is 80.4 Å². The quantitative estimate of drug-likeness (QED) is 0.613. The number of carbonyl (C=O) groups excluding carboxylic acids is 2. The Morgan fingerprint density at radius 3 is 2.66 bits per heavy atom. The van der Waals surface area contributed by atoms with Crippen molar-refractivity contribution in [1.82, 2.24) is 15.1 Å². The van der Waals surface area contributed by atoms with Gasteiger partial charge in [0.25, 0.3) is 5.91 Å². The number of rotatable bonds is 5. The van der Waals surface area contributed by atoms with Gasteiger partial charge < -0.3 is 15.5 Å². The first kappa shape index (κ1) is 24.4. The summed E-state index contributed by atoms with van der Waals surface area (Å²) < 4.78 is 0. The second-order valence-electron chi connectivity index (χ2n) is 9.82. The number of amides is 2. The molecule has 2 aromatic rings. The topological polar surface area (TPSA) is 64.7 Å². The maximum absolute atomic E-state index is 12.7. The fraction of sp³-hybridized carbons (Fsp3) is 0.481. The van der Waals surface area contributed by atoms with Crippen LogP contribution in [0.4, 0.5) is 5.69 Å². The number of nitrogens with zero attached hydrogens (tertiary/aromatic N) is 2. The zero-order valence-electron chi connectivity index (χ0n) is 19.9. The standard InChI is InChI=1S/C27H32Cl2N4O2/c28-23-7-6-20(15-24(23)29)27(35)31-16-25(34)33-14-10-21(17-33)32-12-8-18(9-13-32)22-5-1-3-19-4-2-11-30-26(19)22/h1,3,5-7,15,18,21,30H,2,4,8-14,16-17H2,(H,31,35). The fourth-order valence-corrected chi connectivity index (χ4v) is 6.02. The summed E-state index contributed by atoms with van der Waals surface area (Å²) in [6.07, 6.45) is 5.68. The average Bonchev–Trinajstić information content (AvgIpc) is 3.39. The number of hydrogen-bond acceptors (Lipinski definition) is 4. The summed E-state index contributed by atoms with van der Waals surface area (Å²) in [6.45, 7) is 4.66. The molecule has 6 nitrogen and oxygen atoms in total. The van der Waals surface area contributed by atoms with E-state index >= 15 is 0 Å². The Morgan fingerprint density at radius 1 is 1.03 bits per heavy atom. The zero-order chi connectivity index (χ0) is 24.4. The maximum atomic E-state index is 12.7. The van der Waals surface area contributed by atoms with E-state index in [1.807, 2.05) is 4.90 Å². The Labute approximate surface area is 216 Å². The van der Waals surface area contributed by atoms with Crippen molar-refractivity contribution >= 4 is 40.7 Å². The van der Waals surface area contributed by atoms with Gasteiger partial charge in [0.2, 0.25) is 5.91 Å². The molecule has 1 unspecified atom stereocenters. The van der Waals surface area contributed by atoms with Crippen LogP contribution in [0.15, 0.2) is 36.4 Å². The summed E-state index contributed by atoms with van der Waals surface area (Å²) in [5, 5.41) is 7.08. The monoisotopic (exact) mass is 514 g/mol. The molecule has 0 radical (unpaired) electrons. The molecule has 2 amide bonds. The van der Waals surface area contributed by atoms with Crippen LogP contribution in [0.1, 0.15) is 53.1 Å². The van der Waals surface area contributed by atoms with E-state index < -0.39 is 0 Å². The molecule has 0 spiro atoms. The number of fused-ring (bicyclic) bond motifs is 1. The van der Waals surface area contributed by atoms with Gasteiger partial charge in [-0.15, -0.1) is 0 Å². The molecule has 186 valence electrons. The predicted molar refractivity (Wildman–Crippen MR) is 141 cm³/mol. The lowest BCUT2D eigenvalue weighted by Crippen LogP contribution is -2.44. The Hall–Kier alpha value is -2.28. The van der Waals surface area contributed by atoms with Gasteiger partial charge in [-0.3, -0.25) is 14.5 Å².